The van der Waals surface area contributed by atoms with E-state index in [1.54, 1.807) is 19.1 Å². The zero-order valence-electron chi connectivity index (χ0n) is 18.3. The van der Waals surface area contributed by atoms with Crippen LogP contribution in [0.5, 0.6) is 0 Å². The second-order valence-corrected chi connectivity index (χ2v) is 9.41. The summed E-state index contributed by atoms with van der Waals surface area (Å²) in [6, 6.07) is 8.32. The van der Waals surface area contributed by atoms with E-state index in [2.05, 4.69) is 26.1 Å². The van der Waals surface area contributed by atoms with E-state index in [1.165, 1.54) is 29.4 Å². The number of furan rings is 1. The van der Waals surface area contributed by atoms with Gasteiger partial charge < -0.3 is 25.1 Å². The number of nitrogens with one attached hydrogen (secondary N) is 3. The third-order valence-corrected chi connectivity index (χ3v) is 6.93. The zero-order chi connectivity index (χ0) is 23.4. The Morgan fingerprint density at radius 3 is 2.73 bits per heavy atom. The summed E-state index contributed by atoms with van der Waals surface area (Å²) in [5.74, 6) is 0.236. The number of aryl methyl sites for hydroxylation is 2. The molecule has 0 fully saturated rings. The number of carbonyl (C=O) groups excluding carboxylic acids is 2. The van der Waals surface area contributed by atoms with E-state index in [0.717, 1.165) is 16.8 Å². The van der Waals surface area contributed by atoms with Crippen LogP contribution in [-0.4, -0.2) is 34.6 Å². The Morgan fingerprint density at radius 2 is 2.03 bits per heavy atom. The first-order valence-corrected chi connectivity index (χ1v) is 12.1. The van der Waals surface area contributed by atoms with Gasteiger partial charge in [0.2, 0.25) is 5.13 Å². The van der Waals surface area contributed by atoms with Gasteiger partial charge in [-0.2, -0.15) is 0 Å². The van der Waals surface area contributed by atoms with Crippen molar-refractivity contribution in [2.45, 2.75) is 31.2 Å². The van der Waals surface area contributed by atoms with Gasteiger partial charge in [-0.3, -0.25) is 0 Å². The number of hydrogen-bond donors (Lipinski definition) is 3. The van der Waals surface area contributed by atoms with Crippen LogP contribution in [0.3, 0.4) is 0 Å². The molecule has 0 saturated carbocycles. The number of aromatic nitrogens is 2. The van der Waals surface area contributed by atoms with E-state index < -0.39 is 18.0 Å². The van der Waals surface area contributed by atoms with Gasteiger partial charge in [-0.05, 0) is 44.0 Å². The summed E-state index contributed by atoms with van der Waals surface area (Å²) < 4.78 is 11.4. The first-order chi connectivity index (χ1) is 16.0. The number of urea groups is 1. The van der Waals surface area contributed by atoms with Crippen LogP contribution in [0.15, 0.2) is 56.6 Å². The molecule has 2 aromatic heterocycles. The highest BCUT2D eigenvalue weighted by Crippen LogP contribution is 2.34. The van der Waals surface area contributed by atoms with E-state index in [9.17, 15) is 9.59 Å². The molecule has 1 aliphatic heterocycles. The molecule has 0 bridgehead atoms. The summed E-state index contributed by atoms with van der Waals surface area (Å²) in [6.07, 6.45) is 1.49. The minimum Gasteiger partial charge on any atom is -0.467 e. The summed E-state index contributed by atoms with van der Waals surface area (Å²) in [7, 11) is 0. The van der Waals surface area contributed by atoms with Gasteiger partial charge >= 0.3 is 12.0 Å². The van der Waals surface area contributed by atoms with Gasteiger partial charge in [0.15, 0.2) is 4.34 Å². The molecule has 33 heavy (non-hydrogen) atoms. The Hall–Kier alpha value is -3.31. The SMILES string of the molecule is CCOC(=O)C1=C(CSc2nnc(Nc3c(C)cccc3C)s2)NC(=O)N[C@@H]1c1ccco1. The van der Waals surface area contributed by atoms with E-state index in [0.29, 0.717) is 32.3 Å². The van der Waals surface area contributed by atoms with Gasteiger partial charge in [0, 0.05) is 17.1 Å². The van der Waals surface area contributed by atoms with Crippen molar-refractivity contribution < 1.29 is 18.7 Å². The van der Waals surface area contributed by atoms with Crippen LogP contribution in [0.2, 0.25) is 0 Å². The molecule has 1 aliphatic rings. The molecular formula is C22H23N5O4S2. The molecule has 3 N–H and O–H groups in total. The molecular weight excluding hydrogens is 462 g/mol. The number of ether oxygens (including phenoxy) is 1. The number of nitrogens with zero attached hydrogens (tertiary/aromatic N) is 2. The van der Waals surface area contributed by atoms with Gasteiger partial charge in [0.25, 0.3) is 0 Å². The van der Waals surface area contributed by atoms with Crippen molar-refractivity contribution in [3.63, 3.8) is 0 Å². The molecule has 0 saturated heterocycles. The Bertz CT molecular complexity index is 1170. The maximum Gasteiger partial charge on any atom is 0.338 e. The van der Waals surface area contributed by atoms with E-state index in [-0.39, 0.29) is 6.61 Å². The maximum atomic E-state index is 12.7. The summed E-state index contributed by atoms with van der Waals surface area (Å²) >= 11 is 2.77. The molecule has 11 heteroatoms. The first kappa shape index (κ1) is 22.9. The molecule has 4 rings (SSSR count). The number of thioether (sulfide) groups is 1. The van der Waals surface area contributed by atoms with Crippen molar-refractivity contribution in [2.75, 3.05) is 17.7 Å². The van der Waals surface area contributed by atoms with Crippen LogP contribution >= 0.6 is 23.1 Å². The van der Waals surface area contributed by atoms with Gasteiger partial charge in [0.05, 0.1) is 18.4 Å². The Labute approximate surface area is 199 Å². The second-order valence-electron chi connectivity index (χ2n) is 7.21. The van der Waals surface area contributed by atoms with Crippen molar-refractivity contribution in [1.82, 2.24) is 20.8 Å². The quantitative estimate of drug-likeness (QED) is 0.316. The highest BCUT2D eigenvalue weighted by molar-refractivity contribution is 8.01. The average molecular weight is 486 g/mol. The van der Waals surface area contributed by atoms with E-state index in [4.69, 9.17) is 9.15 Å². The fourth-order valence-corrected chi connectivity index (χ4v) is 5.15. The van der Waals surface area contributed by atoms with Crippen LogP contribution in [0, 0.1) is 13.8 Å². The number of para-hydroxylation sites is 1. The topological polar surface area (TPSA) is 118 Å². The third-order valence-electron chi connectivity index (χ3n) is 4.94. The van der Waals surface area contributed by atoms with Crippen LogP contribution < -0.4 is 16.0 Å². The molecule has 1 atom stereocenters. The zero-order valence-corrected chi connectivity index (χ0v) is 19.9. The first-order valence-electron chi connectivity index (χ1n) is 10.3. The summed E-state index contributed by atoms with van der Waals surface area (Å²) in [5.41, 5.74) is 3.99. The molecule has 3 aromatic rings. The van der Waals surface area contributed by atoms with Crippen LogP contribution in [0.4, 0.5) is 15.6 Å². The predicted molar refractivity (Wildman–Crippen MR) is 127 cm³/mol. The van der Waals surface area contributed by atoms with Crippen LogP contribution in [0.25, 0.3) is 0 Å². The highest BCUT2D eigenvalue weighted by Gasteiger charge is 2.35. The lowest BCUT2D eigenvalue weighted by atomic mass is 10.0. The molecule has 3 heterocycles. The number of hydrogen-bond acceptors (Lipinski definition) is 9. The molecule has 0 spiro atoms. The Balaban J connectivity index is 1.54. The minimum absolute atomic E-state index is 0.214. The largest absolute Gasteiger partial charge is 0.467 e. The normalized spacial score (nSPS) is 15.7. The maximum absolute atomic E-state index is 12.7. The lowest BCUT2D eigenvalue weighted by molar-refractivity contribution is -0.139. The Morgan fingerprint density at radius 1 is 1.24 bits per heavy atom. The molecule has 0 radical (unpaired) electrons. The fourth-order valence-electron chi connectivity index (χ4n) is 3.42. The van der Waals surface area contributed by atoms with Crippen molar-refractivity contribution in [3.05, 3.63) is 64.8 Å². The summed E-state index contributed by atoms with van der Waals surface area (Å²) in [4.78, 5) is 25.0. The van der Waals surface area contributed by atoms with Crippen molar-refractivity contribution in [2.24, 2.45) is 0 Å². The third kappa shape index (κ3) is 5.20. The number of benzene rings is 1. The Kier molecular flexibility index (Phi) is 6.99. The monoisotopic (exact) mass is 485 g/mol. The summed E-state index contributed by atoms with van der Waals surface area (Å²) in [5, 5.41) is 17.9. The molecule has 9 nitrogen and oxygen atoms in total. The van der Waals surface area contributed by atoms with Crippen molar-refractivity contribution in [3.8, 4) is 0 Å². The van der Waals surface area contributed by atoms with Crippen LogP contribution in [0.1, 0.15) is 29.9 Å². The highest BCUT2D eigenvalue weighted by atomic mass is 32.2. The molecule has 0 aliphatic carbocycles. The molecule has 2 amide bonds. The van der Waals surface area contributed by atoms with Gasteiger partial charge in [-0.1, -0.05) is 41.3 Å². The van der Waals surface area contributed by atoms with Crippen molar-refractivity contribution in [1.29, 1.82) is 0 Å². The predicted octanol–water partition coefficient (Wildman–Crippen LogP) is 4.45. The number of carbonyl (C=O) groups is 2. The van der Waals surface area contributed by atoms with Gasteiger partial charge in [-0.25, -0.2) is 9.59 Å². The van der Waals surface area contributed by atoms with Crippen LogP contribution in [-0.2, 0) is 9.53 Å². The second kappa shape index (κ2) is 10.1. The molecule has 0 unspecified atom stereocenters. The van der Waals surface area contributed by atoms with Gasteiger partial charge in [-0.15, -0.1) is 10.2 Å². The van der Waals surface area contributed by atoms with E-state index >= 15 is 0 Å². The number of anilines is 2. The smallest absolute Gasteiger partial charge is 0.338 e. The molecule has 1 aromatic carbocycles. The standard InChI is InChI=1S/C22H23N5O4S2/c1-4-30-19(28)16-14(23-20(29)24-18(16)15-9-6-10-31-15)11-32-22-27-26-21(33-22)25-17-12(2)7-5-8-13(17)3/h5-10,18H,4,11H2,1-3H3,(H,25,26)(H2,23,24,29)/t18-/m1/s1. The lowest BCUT2D eigenvalue weighted by Crippen LogP contribution is -2.46. The minimum atomic E-state index is -0.737. The van der Waals surface area contributed by atoms with Crippen molar-refractivity contribution >= 4 is 45.9 Å². The lowest BCUT2D eigenvalue weighted by Gasteiger charge is -2.27. The average Bonchev–Trinajstić information content (AvgIpc) is 3.47. The fraction of sp³-hybridized carbons (Fsp3) is 0.273. The number of esters is 1. The molecule has 172 valence electrons. The number of amides is 2. The van der Waals surface area contributed by atoms with E-state index in [1.807, 2.05) is 32.0 Å². The van der Waals surface area contributed by atoms with Gasteiger partial charge in [0.1, 0.15) is 11.8 Å². The summed E-state index contributed by atoms with van der Waals surface area (Å²) in [6.45, 7) is 6.01. The number of rotatable bonds is 8.